The maximum atomic E-state index is 13.4. The molecule has 4 rings (SSSR count). The van der Waals surface area contributed by atoms with E-state index in [1.165, 1.54) is 6.07 Å². The van der Waals surface area contributed by atoms with Gasteiger partial charge < -0.3 is 15.1 Å². The molecule has 1 N–H and O–H groups in total. The standard InChI is InChI=1S/C26H25F3N4O2/c27-26(28,29)21-11-12-23(30-18-21)32-13-15-33(16-14-32)25(35)22(17-19-7-3-1-4-8-19)31-24(34)20-9-5-2-6-10-20/h1-12,18,22H,13-17H2,(H,31,34)/t22-/m0/s1. The molecule has 35 heavy (non-hydrogen) atoms. The molecular weight excluding hydrogens is 457 g/mol. The van der Waals surface area contributed by atoms with Crippen LogP contribution in [0.3, 0.4) is 0 Å². The molecule has 1 atom stereocenters. The monoisotopic (exact) mass is 482 g/mol. The van der Waals surface area contributed by atoms with Crippen molar-refractivity contribution in [1.29, 1.82) is 0 Å². The van der Waals surface area contributed by atoms with Crippen molar-refractivity contribution in [2.75, 3.05) is 31.1 Å². The van der Waals surface area contributed by atoms with Crippen LogP contribution >= 0.6 is 0 Å². The van der Waals surface area contributed by atoms with Gasteiger partial charge in [-0.25, -0.2) is 4.98 Å². The number of alkyl halides is 3. The topological polar surface area (TPSA) is 65.5 Å². The maximum absolute atomic E-state index is 13.4. The molecule has 1 aromatic heterocycles. The molecule has 1 saturated heterocycles. The van der Waals surface area contributed by atoms with Gasteiger partial charge in [-0.2, -0.15) is 13.2 Å². The molecule has 1 aliphatic rings. The van der Waals surface area contributed by atoms with Crippen LogP contribution in [-0.4, -0.2) is 53.9 Å². The first-order valence-corrected chi connectivity index (χ1v) is 11.3. The second-order valence-corrected chi connectivity index (χ2v) is 8.30. The Balaban J connectivity index is 1.43. The van der Waals surface area contributed by atoms with Gasteiger partial charge in [0.2, 0.25) is 5.91 Å². The summed E-state index contributed by atoms with van der Waals surface area (Å²) in [6.07, 6.45) is -3.27. The summed E-state index contributed by atoms with van der Waals surface area (Å²) in [6, 6.07) is 19.8. The van der Waals surface area contributed by atoms with E-state index in [4.69, 9.17) is 0 Å². The Labute approximate surface area is 201 Å². The Hall–Kier alpha value is -3.88. The number of carbonyl (C=O) groups excluding carboxylic acids is 2. The average molecular weight is 483 g/mol. The zero-order valence-corrected chi connectivity index (χ0v) is 18.9. The highest BCUT2D eigenvalue weighted by molar-refractivity contribution is 5.97. The molecule has 9 heteroatoms. The van der Waals surface area contributed by atoms with E-state index < -0.39 is 17.8 Å². The van der Waals surface area contributed by atoms with Gasteiger partial charge in [0.05, 0.1) is 5.56 Å². The van der Waals surface area contributed by atoms with Gasteiger partial charge in [-0.05, 0) is 29.8 Å². The lowest BCUT2D eigenvalue weighted by Gasteiger charge is -2.37. The molecule has 0 saturated carbocycles. The van der Waals surface area contributed by atoms with Crippen LogP contribution in [0.2, 0.25) is 0 Å². The Morgan fingerprint density at radius 2 is 1.51 bits per heavy atom. The van der Waals surface area contributed by atoms with Gasteiger partial charge in [0, 0.05) is 44.4 Å². The van der Waals surface area contributed by atoms with Crippen molar-refractivity contribution in [3.63, 3.8) is 0 Å². The van der Waals surface area contributed by atoms with E-state index in [-0.39, 0.29) is 11.8 Å². The van der Waals surface area contributed by atoms with E-state index >= 15 is 0 Å². The lowest BCUT2D eigenvalue weighted by atomic mass is 10.0. The minimum absolute atomic E-state index is 0.196. The number of hydrogen-bond acceptors (Lipinski definition) is 4. The SMILES string of the molecule is O=C(N[C@@H](Cc1ccccc1)C(=O)N1CCN(c2ccc(C(F)(F)F)cn2)CC1)c1ccccc1. The van der Waals surface area contributed by atoms with Crippen LogP contribution in [0.4, 0.5) is 19.0 Å². The van der Waals surface area contributed by atoms with Crippen molar-refractivity contribution in [3.8, 4) is 0 Å². The third-order valence-corrected chi connectivity index (χ3v) is 5.91. The summed E-state index contributed by atoms with van der Waals surface area (Å²) in [7, 11) is 0. The fraction of sp³-hybridized carbons (Fsp3) is 0.269. The van der Waals surface area contributed by atoms with Gasteiger partial charge in [0.15, 0.2) is 0 Å². The summed E-state index contributed by atoms with van der Waals surface area (Å²) in [4.78, 5) is 33.7. The van der Waals surface area contributed by atoms with Crippen LogP contribution in [-0.2, 0) is 17.4 Å². The third kappa shape index (κ3) is 6.17. The largest absolute Gasteiger partial charge is 0.417 e. The minimum atomic E-state index is -4.44. The molecule has 182 valence electrons. The van der Waals surface area contributed by atoms with Crippen molar-refractivity contribution >= 4 is 17.6 Å². The number of aromatic nitrogens is 1. The molecular formula is C26H25F3N4O2. The molecule has 0 spiro atoms. The molecule has 0 unspecified atom stereocenters. The molecule has 2 aromatic carbocycles. The molecule has 0 radical (unpaired) electrons. The molecule has 2 heterocycles. The van der Waals surface area contributed by atoms with E-state index in [2.05, 4.69) is 10.3 Å². The highest BCUT2D eigenvalue weighted by atomic mass is 19.4. The van der Waals surface area contributed by atoms with E-state index in [1.54, 1.807) is 29.2 Å². The van der Waals surface area contributed by atoms with Gasteiger partial charge in [0.1, 0.15) is 11.9 Å². The van der Waals surface area contributed by atoms with Crippen LogP contribution in [0.25, 0.3) is 0 Å². The Morgan fingerprint density at radius 3 is 2.09 bits per heavy atom. The number of benzene rings is 2. The summed E-state index contributed by atoms with van der Waals surface area (Å²) in [5.74, 6) is -0.0889. The number of anilines is 1. The summed E-state index contributed by atoms with van der Waals surface area (Å²) >= 11 is 0. The number of piperazine rings is 1. The van der Waals surface area contributed by atoms with E-state index in [0.717, 1.165) is 17.8 Å². The van der Waals surface area contributed by atoms with Crippen molar-refractivity contribution in [2.45, 2.75) is 18.6 Å². The van der Waals surface area contributed by atoms with E-state index in [9.17, 15) is 22.8 Å². The number of nitrogens with one attached hydrogen (secondary N) is 1. The highest BCUT2D eigenvalue weighted by Crippen LogP contribution is 2.29. The number of halogens is 3. The van der Waals surface area contributed by atoms with Crippen LogP contribution in [0, 0.1) is 0 Å². The summed E-state index contributed by atoms with van der Waals surface area (Å²) in [5, 5.41) is 2.88. The molecule has 0 aliphatic carbocycles. The van der Waals surface area contributed by atoms with Gasteiger partial charge in [-0.3, -0.25) is 9.59 Å². The van der Waals surface area contributed by atoms with Gasteiger partial charge in [0.25, 0.3) is 5.91 Å². The predicted octanol–water partition coefficient (Wildman–Crippen LogP) is 3.79. The van der Waals surface area contributed by atoms with Crippen LogP contribution in [0.15, 0.2) is 79.0 Å². The smallest absolute Gasteiger partial charge is 0.353 e. The number of amides is 2. The lowest BCUT2D eigenvalue weighted by molar-refractivity contribution is -0.138. The Bertz CT molecular complexity index is 1130. The minimum Gasteiger partial charge on any atom is -0.353 e. The summed E-state index contributed by atoms with van der Waals surface area (Å²) in [5.41, 5.74) is 0.594. The first-order valence-electron chi connectivity index (χ1n) is 11.3. The number of hydrogen-bond donors (Lipinski definition) is 1. The molecule has 1 fully saturated rings. The van der Waals surface area contributed by atoms with Crippen molar-refractivity contribution in [1.82, 2.24) is 15.2 Å². The fourth-order valence-electron chi connectivity index (χ4n) is 4.00. The second-order valence-electron chi connectivity index (χ2n) is 8.30. The Morgan fingerprint density at radius 1 is 0.886 bits per heavy atom. The average Bonchev–Trinajstić information content (AvgIpc) is 2.88. The van der Waals surface area contributed by atoms with Gasteiger partial charge in [-0.15, -0.1) is 0 Å². The van der Waals surface area contributed by atoms with Crippen molar-refractivity contribution in [3.05, 3.63) is 95.7 Å². The molecule has 6 nitrogen and oxygen atoms in total. The van der Waals surface area contributed by atoms with Crippen molar-refractivity contribution in [2.24, 2.45) is 0 Å². The summed E-state index contributed by atoms with van der Waals surface area (Å²) < 4.78 is 38.4. The molecule has 0 bridgehead atoms. The summed E-state index contributed by atoms with van der Waals surface area (Å²) in [6.45, 7) is 1.59. The zero-order valence-electron chi connectivity index (χ0n) is 18.9. The highest BCUT2D eigenvalue weighted by Gasteiger charge is 2.32. The first-order chi connectivity index (χ1) is 16.8. The van der Waals surface area contributed by atoms with E-state index in [1.807, 2.05) is 41.3 Å². The molecule has 1 aliphatic heterocycles. The van der Waals surface area contributed by atoms with Crippen LogP contribution in [0.1, 0.15) is 21.5 Å². The van der Waals surface area contributed by atoms with Gasteiger partial charge in [-0.1, -0.05) is 48.5 Å². The zero-order chi connectivity index (χ0) is 24.8. The molecule has 3 aromatic rings. The van der Waals surface area contributed by atoms with Crippen LogP contribution in [0.5, 0.6) is 0 Å². The number of carbonyl (C=O) groups is 2. The fourth-order valence-corrected chi connectivity index (χ4v) is 4.00. The maximum Gasteiger partial charge on any atom is 0.417 e. The molecule has 2 amide bonds. The third-order valence-electron chi connectivity index (χ3n) is 5.91. The quantitative estimate of drug-likeness (QED) is 0.581. The van der Waals surface area contributed by atoms with Crippen molar-refractivity contribution < 1.29 is 22.8 Å². The first kappa shape index (κ1) is 24.3. The predicted molar refractivity (Wildman–Crippen MR) is 126 cm³/mol. The normalized spacial score (nSPS) is 14.9. The van der Waals surface area contributed by atoms with Gasteiger partial charge >= 0.3 is 6.18 Å². The van der Waals surface area contributed by atoms with E-state index in [0.29, 0.717) is 44.0 Å². The Kier molecular flexibility index (Phi) is 7.33. The second kappa shape index (κ2) is 10.6. The number of nitrogens with zero attached hydrogens (tertiary/aromatic N) is 3. The number of pyridine rings is 1. The lowest BCUT2D eigenvalue weighted by Crippen LogP contribution is -2.55. The van der Waals surface area contributed by atoms with Crippen LogP contribution < -0.4 is 10.2 Å². The number of rotatable bonds is 6.